The van der Waals surface area contributed by atoms with Crippen LogP contribution in [-0.4, -0.2) is 0 Å². The van der Waals surface area contributed by atoms with E-state index in [2.05, 4.69) is 13.8 Å². The number of hydrogen-bond acceptors (Lipinski definition) is 0. The van der Waals surface area contributed by atoms with E-state index in [1.807, 2.05) is 69.2 Å². The summed E-state index contributed by atoms with van der Waals surface area (Å²) in [7, 11) is 0. The maximum absolute atomic E-state index is 2.12. The summed E-state index contributed by atoms with van der Waals surface area (Å²) in [5.74, 6) is 0. The fourth-order valence-corrected chi connectivity index (χ4v) is 0. The minimum Gasteiger partial charge on any atom is -0.0683 e. The van der Waals surface area contributed by atoms with Crippen molar-refractivity contribution in [3.05, 3.63) is 0 Å². The molecule has 1 aliphatic rings. The van der Waals surface area contributed by atoms with Gasteiger partial charge in [0.05, 0.1) is 0 Å². The monoisotopic (exact) mass is 236 g/mol. The highest BCUT2D eigenvalue weighted by atomic mass is 14.0. The molecule has 108 valence electrons. The molecular formula is C16H44. The van der Waals surface area contributed by atoms with Crippen LogP contribution in [0.4, 0.5) is 0 Å². The van der Waals surface area contributed by atoms with Crippen LogP contribution in [0.5, 0.6) is 0 Å². The first-order chi connectivity index (χ1) is 7.91. The minimum absolute atomic E-state index is 1.25. The normalized spacial score (nSPS) is 7.50. The highest BCUT2D eigenvalue weighted by Gasteiger charge is 1.95. The molecule has 0 spiro atoms. The van der Waals surface area contributed by atoms with E-state index in [4.69, 9.17) is 0 Å². The molecule has 0 aromatic heterocycles. The van der Waals surface area contributed by atoms with E-state index in [0.29, 0.717) is 0 Å². The molecule has 1 rings (SSSR count). The van der Waals surface area contributed by atoms with Gasteiger partial charge in [0.25, 0.3) is 0 Å². The standard InChI is InChI=1S/C3H6.C3H8.5C2H6/c1-2-3-1;1-3-2;5*1-2/h1-3H2;3H2,1-2H3;5*1-2H3. The summed E-state index contributed by atoms with van der Waals surface area (Å²) in [4.78, 5) is 0. The lowest BCUT2D eigenvalue weighted by atomic mass is 10.6. The van der Waals surface area contributed by atoms with Crippen LogP contribution >= 0.6 is 0 Å². The Kier molecular flexibility index (Phi) is 413. The van der Waals surface area contributed by atoms with Crippen LogP contribution in [0, 0.1) is 0 Å². The van der Waals surface area contributed by atoms with Crippen molar-refractivity contribution in [2.24, 2.45) is 0 Å². The lowest BCUT2D eigenvalue weighted by Crippen LogP contribution is -1.27. The molecule has 0 amide bonds. The van der Waals surface area contributed by atoms with E-state index >= 15 is 0 Å². The summed E-state index contributed by atoms with van der Waals surface area (Å²) in [5.41, 5.74) is 0. The average Bonchev–Trinajstić information content (AvgIpc) is 3.30. The van der Waals surface area contributed by atoms with Crippen LogP contribution in [0.2, 0.25) is 0 Å². The van der Waals surface area contributed by atoms with Crippen molar-refractivity contribution in [1.29, 1.82) is 0 Å². The van der Waals surface area contributed by atoms with Crippen molar-refractivity contribution < 1.29 is 0 Å². The first kappa shape index (κ1) is 36.0. The molecule has 0 N–H and O–H groups in total. The lowest BCUT2D eigenvalue weighted by molar-refractivity contribution is 1.09. The molecule has 1 saturated carbocycles. The third kappa shape index (κ3) is 2370. The van der Waals surface area contributed by atoms with Crippen molar-refractivity contribution in [2.45, 2.75) is 109 Å². The second-order valence-electron chi connectivity index (χ2n) is 1.77. The SMILES string of the molecule is C1CC1.CC.CC.CC.CC.CC.CCC. The Labute approximate surface area is 109 Å². The van der Waals surface area contributed by atoms with Crippen molar-refractivity contribution in [3.63, 3.8) is 0 Å². The van der Waals surface area contributed by atoms with Gasteiger partial charge in [0.1, 0.15) is 0 Å². The highest BCUT2D eigenvalue weighted by molar-refractivity contribution is 4.50. The molecule has 0 atom stereocenters. The second kappa shape index (κ2) is 184. The molecule has 0 aromatic carbocycles. The van der Waals surface area contributed by atoms with Gasteiger partial charge in [0.2, 0.25) is 0 Å². The van der Waals surface area contributed by atoms with E-state index in [1.165, 1.54) is 25.7 Å². The zero-order valence-corrected chi connectivity index (χ0v) is 14.8. The van der Waals surface area contributed by atoms with E-state index in [9.17, 15) is 0 Å². The quantitative estimate of drug-likeness (QED) is 0.404. The largest absolute Gasteiger partial charge is 0.0683 e. The minimum atomic E-state index is 1.25. The molecule has 0 aromatic rings. The van der Waals surface area contributed by atoms with Crippen molar-refractivity contribution in [1.82, 2.24) is 0 Å². The van der Waals surface area contributed by atoms with Gasteiger partial charge in [0, 0.05) is 0 Å². The molecule has 0 heteroatoms. The molecule has 0 saturated heterocycles. The Hall–Kier alpha value is 0. The predicted molar refractivity (Wildman–Crippen MR) is 86.6 cm³/mol. The summed E-state index contributed by atoms with van der Waals surface area (Å²) >= 11 is 0. The summed E-state index contributed by atoms with van der Waals surface area (Å²) < 4.78 is 0. The van der Waals surface area contributed by atoms with Gasteiger partial charge in [-0.15, -0.1) is 0 Å². The molecule has 0 unspecified atom stereocenters. The van der Waals surface area contributed by atoms with Gasteiger partial charge in [-0.2, -0.15) is 0 Å². The second-order valence-corrected chi connectivity index (χ2v) is 1.77. The summed E-state index contributed by atoms with van der Waals surface area (Å²) in [6.07, 6.45) is 5.75. The molecule has 0 heterocycles. The summed E-state index contributed by atoms with van der Waals surface area (Å²) in [6, 6.07) is 0. The van der Waals surface area contributed by atoms with E-state index in [1.54, 1.807) is 0 Å². The molecule has 1 aliphatic carbocycles. The van der Waals surface area contributed by atoms with Gasteiger partial charge in [-0.1, -0.05) is 109 Å². The Morgan fingerprint density at radius 1 is 0.438 bits per heavy atom. The van der Waals surface area contributed by atoms with Crippen LogP contribution < -0.4 is 0 Å². The summed E-state index contributed by atoms with van der Waals surface area (Å²) in [5, 5.41) is 0. The first-order valence-corrected chi connectivity index (χ1v) is 7.91. The van der Waals surface area contributed by atoms with Crippen LogP contribution in [0.3, 0.4) is 0 Å². The highest BCUT2D eigenvalue weighted by Crippen LogP contribution is 2.14. The van der Waals surface area contributed by atoms with E-state index in [-0.39, 0.29) is 0 Å². The molecule has 1 fully saturated rings. The van der Waals surface area contributed by atoms with Gasteiger partial charge < -0.3 is 0 Å². The zero-order chi connectivity index (χ0) is 14.8. The zero-order valence-electron chi connectivity index (χ0n) is 14.8. The van der Waals surface area contributed by atoms with Gasteiger partial charge >= 0.3 is 0 Å². The van der Waals surface area contributed by atoms with Crippen LogP contribution in [-0.2, 0) is 0 Å². The summed E-state index contributed by atoms with van der Waals surface area (Å²) in [6.45, 7) is 24.2. The molecule has 0 nitrogen and oxygen atoms in total. The fraction of sp³-hybridized carbons (Fsp3) is 1.00. The molecule has 0 aliphatic heterocycles. The third-order valence-corrected chi connectivity index (χ3v) is 0.354. The maximum Gasteiger partial charge on any atom is -0.0533 e. The van der Waals surface area contributed by atoms with Gasteiger partial charge in [-0.05, 0) is 0 Å². The molecule has 16 heavy (non-hydrogen) atoms. The Morgan fingerprint density at radius 3 is 0.500 bits per heavy atom. The molecule has 0 radical (unpaired) electrons. The van der Waals surface area contributed by atoms with Crippen molar-refractivity contribution >= 4 is 0 Å². The van der Waals surface area contributed by atoms with Crippen molar-refractivity contribution in [3.8, 4) is 0 Å². The third-order valence-electron chi connectivity index (χ3n) is 0.354. The Balaban J connectivity index is -0.0000000185. The van der Waals surface area contributed by atoms with Crippen LogP contribution in [0.25, 0.3) is 0 Å². The first-order valence-electron chi connectivity index (χ1n) is 7.91. The van der Waals surface area contributed by atoms with E-state index in [0.717, 1.165) is 0 Å². The maximum atomic E-state index is 2.12. The topological polar surface area (TPSA) is 0 Å². The smallest absolute Gasteiger partial charge is 0.0533 e. The number of rotatable bonds is 0. The molecular weight excluding hydrogens is 192 g/mol. The fourth-order valence-electron chi connectivity index (χ4n) is 0. The Bertz CT molecular complexity index is 11.2. The van der Waals surface area contributed by atoms with Crippen molar-refractivity contribution in [2.75, 3.05) is 0 Å². The predicted octanol–water partition coefficient (Wildman–Crippen LogP) is 7.72. The van der Waals surface area contributed by atoms with E-state index < -0.39 is 0 Å². The molecule has 0 bridgehead atoms. The average molecular weight is 237 g/mol. The number of hydrogen-bond donors (Lipinski definition) is 0. The van der Waals surface area contributed by atoms with Gasteiger partial charge in [0.15, 0.2) is 0 Å². The van der Waals surface area contributed by atoms with Gasteiger partial charge in [-0.25, -0.2) is 0 Å². The van der Waals surface area contributed by atoms with Crippen LogP contribution in [0.1, 0.15) is 109 Å². The lowest BCUT2D eigenvalue weighted by Gasteiger charge is -1.48. The van der Waals surface area contributed by atoms with Gasteiger partial charge in [-0.3, -0.25) is 0 Å². The Morgan fingerprint density at radius 2 is 0.500 bits per heavy atom. The van der Waals surface area contributed by atoms with Crippen LogP contribution in [0.15, 0.2) is 0 Å².